The fraction of sp³-hybridized carbons (Fsp3) is 0.143. The van der Waals surface area contributed by atoms with E-state index in [1.54, 1.807) is 6.07 Å². The zero-order valence-electron chi connectivity index (χ0n) is 15.0. The van der Waals surface area contributed by atoms with E-state index in [0.717, 1.165) is 39.5 Å². The monoisotopic (exact) mass is 395 g/mol. The first-order valence-electron chi connectivity index (χ1n) is 8.70. The number of hydrogen-bond donors (Lipinski definition) is 1. The molecule has 0 fully saturated rings. The number of thiophene rings is 1. The molecule has 2 aromatic heterocycles. The van der Waals surface area contributed by atoms with E-state index in [-0.39, 0.29) is 5.91 Å². The van der Waals surface area contributed by atoms with Crippen molar-refractivity contribution in [3.05, 3.63) is 70.1 Å². The smallest absolute Gasteiger partial charge is 0.265 e. The van der Waals surface area contributed by atoms with Crippen molar-refractivity contribution in [3.63, 3.8) is 0 Å². The number of para-hydroxylation sites is 2. The predicted octanol–water partition coefficient (Wildman–Crippen LogP) is 6.00. The Balaban J connectivity index is 1.64. The van der Waals surface area contributed by atoms with Crippen molar-refractivity contribution in [1.29, 1.82) is 0 Å². The number of aromatic nitrogens is 2. The highest BCUT2D eigenvalue weighted by Crippen LogP contribution is 2.31. The van der Waals surface area contributed by atoms with E-state index in [2.05, 4.69) is 22.9 Å². The van der Waals surface area contributed by atoms with E-state index in [4.69, 9.17) is 16.6 Å². The first-order valence-corrected chi connectivity index (χ1v) is 9.89. The van der Waals surface area contributed by atoms with Gasteiger partial charge in [0.2, 0.25) is 0 Å². The first kappa shape index (κ1) is 17.8. The second-order valence-electron chi connectivity index (χ2n) is 6.25. The van der Waals surface area contributed by atoms with Crippen LogP contribution in [0.1, 0.15) is 22.2 Å². The first-order chi connectivity index (χ1) is 13.1. The van der Waals surface area contributed by atoms with E-state index >= 15 is 0 Å². The highest BCUT2D eigenvalue weighted by atomic mass is 35.5. The number of imidazole rings is 1. The summed E-state index contributed by atoms with van der Waals surface area (Å²) in [4.78, 5) is 19.0. The summed E-state index contributed by atoms with van der Waals surface area (Å²) in [5.74, 6) is 0.765. The van der Waals surface area contributed by atoms with Crippen molar-refractivity contribution in [2.24, 2.45) is 0 Å². The normalized spacial score (nSPS) is 11.1. The molecule has 1 amide bonds. The van der Waals surface area contributed by atoms with Gasteiger partial charge in [-0.1, -0.05) is 23.7 Å². The van der Waals surface area contributed by atoms with Crippen molar-refractivity contribution >= 4 is 45.6 Å². The SMILES string of the molecule is CCn1c(-c2ccc(C(=O)Nc3ccc(Cl)cc3C)s2)nc2ccccc21. The van der Waals surface area contributed by atoms with Crippen LogP contribution >= 0.6 is 22.9 Å². The van der Waals surface area contributed by atoms with Crippen LogP contribution in [0.5, 0.6) is 0 Å². The Labute approximate surface area is 166 Å². The fourth-order valence-electron chi connectivity index (χ4n) is 3.12. The van der Waals surface area contributed by atoms with Crippen LogP contribution in [-0.4, -0.2) is 15.5 Å². The quantitative estimate of drug-likeness (QED) is 0.460. The number of rotatable bonds is 4. The van der Waals surface area contributed by atoms with Gasteiger partial charge in [-0.15, -0.1) is 11.3 Å². The van der Waals surface area contributed by atoms with E-state index in [1.807, 2.05) is 49.4 Å². The molecule has 0 saturated carbocycles. The average Bonchev–Trinajstić information content (AvgIpc) is 3.28. The number of carbonyl (C=O) groups is 1. The molecule has 27 heavy (non-hydrogen) atoms. The molecule has 4 nitrogen and oxygen atoms in total. The van der Waals surface area contributed by atoms with Gasteiger partial charge in [0.15, 0.2) is 5.82 Å². The van der Waals surface area contributed by atoms with Crippen molar-refractivity contribution < 1.29 is 4.79 Å². The summed E-state index contributed by atoms with van der Waals surface area (Å²) in [5.41, 5.74) is 3.76. The van der Waals surface area contributed by atoms with Gasteiger partial charge in [-0.05, 0) is 61.9 Å². The maximum Gasteiger partial charge on any atom is 0.265 e. The van der Waals surface area contributed by atoms with E-state index in [1.165, 1.54) is 11.3 Å². The second kappa shape index (κ2) is 7.18. The molecule has 0 spiro atoms. The predicted molar refractivity (Wildman–Crippen MR) is 113 cm³/mol. The molecule has 4 rings (SSSR count). The molecule has 0 aliphatic carbocycles. The number of nitrogens with zero attached hydrogens (tertiary/aromatic N) is 2. The van der Waals surface area contributed by atoms with Crippen LogP contribution in [-0.2, 0) is 6.54 Å². The van der Waals surface area contributed by atoms with Crippen molar-refractivity contribution in [2.75, 3.05) is 5.32 Å². The third kappa shape index (κ3) is 3.36. The standard InChI is InChI=1S/C21H18ClN3OS/c1-3-25-17-7-5-4-6-16(17)23-20(25)18-10-11-19(27-18)21(26)24-15-9-8-14(22)12-13(15)2/h4-12H,3H2,1-2H3,(H,24,26). The van der Waals surface area contributed by atoms with Gasteiger partial charge in [-0.3, -0.25) is 4.79 Å². The Morgan fingerprint density at radius 3 is 2.78 bits per heavy atom. The van der Waals surface area contributed by atoms with E-state index in [9.17, 15) is 4.79 Å². The summed E-state index contributed by atoms with van der Waals surface area (Å²) in [6, 6.07) is 17.3. The number of aryl methyl sites for hydroxylation is 2. The molecule has 6 heteroatoms. The number of anilines is 1. The maximum absolute atomic E-state index is 12.7. The number of halogens is 1. The van der Waals surface area contributed by atoms with Crippen LogP contribution in [0.3, 0.4) is 0 Å². The lowest BCUT2D eigenvalue weighted by Crippen LogP contribution is -2.10. The zero-order valence-corrected chi connectivity index (χ0v) is 16.6. The highest BCUT2D eigenvalue weighted by Gasteiger charge is 2.16. The molecule has 136 valence electrons. The Hall–Kier alpha value is -2.63. The molecule has 0 bridgehead atoms. The largest absolute Gasteiger partial charge is 0.324 e. The lowest BCUT2D eigenvalue weighted by molar-refractivity contribution is 0.103. The molecule has 2 aromatic carbocycles. The van der Waals surface area contributed by atoms with E-state index in [0.29, 0.717) is 9.90 Å². The van der Waals surface area contributed by atoms with Gasteiger partial charge in [-0.25, -0.2) is 4.98 Å². The van der Waals surface area contributed by atoms with Gasteiger partial charge in [0.25, 0.3) is 5.91 Å². The molecule has 4 aromatic rings. The summed E-state index contributed by atoms with van der Waals surface area (Å²) in [6.07, 6.45) is 0. The molecule has 0 saturated heterocycles. The number of carbonyl (C=O) groups excluding carboxylic acids is 1. The fourth-order valence-corrected chi connectivity index (χ4v) is 4.24. The molecule has 1 N–H and O–H groups in total. The van der Waals surface area contributed by atoms with Crippen LogP contribution in [0.4, 0.5) is 5.69 Å². The number of fused-ring (bicyclic) bond motifs is 1. The molecule has 2 heterocycles. The molecular formula is C21H18ClN3OS. The molecular weight excluding hydrogens is 378 g/mol. The third-order valence-electron chi connectivity index (χ3n) is 4.46. The highest BCUT2D eigenvalue weighted by molar-refractivity contribution is 7.17. The van der Waals surface area contributed by atoms with Gasteiger partial charge < -0.3 is 9.88 Å². The number of benzene rings is 2. The van der Waals surface area contributed by atoms with Crippen LogP contribution in [0, 0.1) is 6.92 Å². The summed E-state index contributed by atoms with van der Waals surface area (Å²) in [7, 11) is 0. The Morgan fingerprint density at radius 2 is 2.00 bits per heavy atom. The lowest BCUT2D eigenvalue weighted by Gasteiger charge is -2.07. The van der Waals surface area contributed by atoms with Crippen LogP contribution in [0.25, 0.3) is 21.7 Å². The second-order valence-corrected chi connectivity index (χ2v) is 7.77. The summed E-state index contributed by atoms with van der Waals surface area (Å²) < 4.78 is 2.17. The average molecular weight is 396 g/mol. The van der Waals surface area contributed by atoms with Gasteiger partial charge in [0.05, 0.1) is 20.8 Å². The summed E-state index contributed by atoms with van der Waals surface area (Å²) in [6.45, 7) is 4.84. The third-order valence-corrected chi connectivity index (χ3v) is 5.77. The van der Waals surface area contributed by atoms with Crippen LogP contribution < -0.4 is 5.32 Å². The molecule has 0 unspecified atom stereocenters. The van der Waals surface area contributed by atoms with E-state index < -0.39 is 0 Å². The van der Waals surface area contributed by atoms with Gasteiger partial charge >= 0.3 is 0 Å². The summed E-state index contributed by atoms with van der Waals surface area (Å²) in [5, 5.41) is 3.61. The Bertz CT molecular complexity index is 1150. The minimum atomic E-state index is -0.129. The van der Waals surface area contributed by atoms with Crippen LogP contribution in [0.15, 0.2) is 54.6 Å². The van der Waals surface area contributed by atoms with Crippen molar-refractivity contribution in [1.82, 2.24) is 9.55 Å². The Kier molecular flexibility index (Phi) is 4.72. The van der Waals surface area contributed by atoms with Gasteiger partial charge in [-0.2, -0.15) is 0 Å². The van der Waals surface area contributed by atoms with Crippen molar-refractivity contribution in [3.8, 4) is 10.7 Å². The molecule has 0 aliphatic rings. The number of amides is 1. The minimum Gasteiger partial charge on any atom is -0.324 e. The minimum absolute atomic E-state index is 0.129. The lowest BCUT2D eigenvalue weighted by atomic mass is 10.2. The van der Waals surface area contributed by atoms with Crippen molar-refractivity contribution in [2.45, 2.75) is 20.4 Å². The van der Waals surface area contributed by atoms with Gasteiger partial charge in [0.1, 0.15) is 0 Å². The summed E-state index contributed by atoms with van der Waals surface area (Å²) >= 11 is 7.43. The molecule has 0 radical (unpaired) electrons. The van der Waals surface area contributed by atoms with Gasteiger partial charge in [0, 0.05) is 17.3 Å². The Morgan fingerprint density at radius 1 is 1.19 bits per heavy atom. The zero-order chi connectivity index (χ0) is 19.0. The number of hydrogen-bond acceptors (Lipinski definition) is 3. The maximum atomic E-state index is 12.7. The topological polar surface area (TPSA) is 46.9 Å². The van der Waals surface area contributed by atoms with Crippen LogP contribution in [0.2, 0.25) is 5.02 Å². The number of nitrogens with one attached hydrogen (secondary N) is 1. The molecule has 0 aliphatic heterocycles. The molecule has 0 atom stereocenters.